The van der Waals surface area contributed by atoms with Crippen LogP contribution < -0.4 is 9.50 Å². The number of urea groups is 1. The van der Waals surface area contributed by atoms with Gasteiger partial charge in [0.1, 0.15) is 5.75 Å². The van der Waals surface area contributed by atoms with Crippen molar-refractivity contribution >= 4 is 21.8 Å². The van der Waals surface area contributed by atoms with Crippen LogP contribution in [0.25, 0.3) is 0 Å². The van der Waals surface area contributed by atoms with Crippen molar-refractivity contribution in [2.45, 2.75) is 53.1 Å². The molecule has 2 aromatic carbocycles. The molecule has 0 aliphatic heterocycles. The highest BCUT2D eigenvalue weighted by Crippen LogP contribution is 2.20. The molecule has 2 amide bonds. The molecule has 1 N–H and O–H groups in total. The van der Waals surface area contributed by atoms with Crippen LogP contribution in [-0.2, 0) is 23.1 Å². The van der Waals surface area contributed by atoms with Gasteiger partial charge < -0.3 is 14.4 Å². The predicted octanol–water partition coefficient (Wildman–Crippen LogP) is 4.81. The van der Waals surface area contributed by atoms with Gasteiger partial charge in [-0.15, -0.1) is 0 Å². The first-order valence-electron chi connectivity index (χ1n) is 9.95. The van der Waals surface area contributed by atoms with Gasteiger partial charge >= 0.3 is 16.1 Å². The molecule has 0 aromatic heterocycles. The highest BCUT2D eigenvalue weighted by atomic mass is 32.2. The summed E-state index contributed by atoms with van der Waals surface area (Å²) in [5.74, 6) is 0.152. The fourth-order valence-electron chi connectivity index (χ4n) is 2.77. The zero-order valence-electron chi connectivity index (χ0n) is 17.5. The number of hydrogen-bond donors (Lipinski definition) is 1. The number of benzene rings is 2. The van der Waals surface area contributed by atoms with Gasteiger partial charge in [-0.25, -0.2) is 4.79 Å². The molecule has 0 fully saturated rings. The lowest BCUT2D eigenvalue weighted by Gasteiger charge is -2.29. The summed E-state index contributed by atoms with van der Waals surface area (Å²) in [6.45, 7) is 7.97. The van der Waals surface area contributed by atoms with Crippen LogP contribution in [0.3, 0.4) is 0 Å². The van der Waals surface area contributed by atoms with Crippen LogP contribution in [0.2, 0.25) is 0 Å². The largest absolute Gasteiger partial charge is 0.382 e. The first-order valence-corrected chi connectivity index (χ1v) is 11.5. The van der Waals surface area contributed by atoms with Crippen molar-refractivity contribution in [1.29, 1.82) is 0 Å². The van der Waals surface area contributed by atoms with E-state index in [4.69, 9.17) is 4.18 Å². The van der Waals surface area contributed by atoms with Crippen molar-refractivity contribution in [3.63, 3.8) is 0 Å². The van der Waals surface area contributed by atoms with E-state index in [9.17, 15) is 13.2 Å². The first kappa shape index (κ1) is 22.7. The third kappa shape index (κ3) is 6.78. The number of amides is 2. The number of carbonyl (C=O) groups excluding carboxylic acids is 1. The molecule has 2 aromatic rings. The molecule has 6 nitrogen and oxygen atoms in total. The Labute approximate surface area is 174 Å². The second-order valence-electron chi connectivity index (χ2n) is 6.94. The maximum absolute atomic E-state index is 12.9. The summed E-state index contributed by atoms with van der Waals surface area (Å²) in [6.07, 6.45) is 1.74. The molecule has 0 saturated heterocycles. The van der Waals surface area contributed by atoms with Crippen LogP contribution in [-0.4, -0.2) is 31.1 Å². The number of anilines is 1. The van der Waals surface area contributed by atoms with Crippen molar-refractivity contribution in [3.8, 4) is 5.75 Å². The number of rotatable bonds is 9. The van der Waals surface area contributed by atoms with Crippen molar-refractivity contribution in [1.82, 2.24) is 4.90 Å². The monoisotopic (exact) mass is 418 g/mol. The average molecular weight is 419 g/mol. The Bertz CT molecular complexity index is 911. The van der Waals surface area contributed by atoms with Crippen LogP contribution in [0.5, 0.6) is 5.75 Å². The van der Waals surface area contributed by atoms with Gasteiger partial charge in [-0.3, -0.25) is 0 Å². The zero-order chi connectivity index (χ0) is 21.4. The molecule has 158 valence electrons. The van der Waals surface area contributed by atoms with E-state index >= 15 is 0 Å². The second-order valence-corrected chi connectivity index (χ2v) is 8.80. The third-order valence-corrected chi connectivity index (χ3v) is 5.98. The normalized spacial score (nSPS) is 12.3. The van der Waals surface area contributed by atoms with Gasteiger partial charge in [0.2, 0.25) is 0 Å². The Morgan fingerprint density at radius 3 is 2.34 bits per heavy atom. The number of nitrogens with one attached hydrogen (secondary N) is 1. The Hall–Kier alpha value is -2.54. The fraction of sp³-hybridized carbons (Fsp3) is 0.409. The standard InChI is InChI=1S/C22H30N2O4S/c1-5-17(4)24(22(25)23-20-13-11-18(6-2)12-14-20)16-19-9-8-10-21(15-19)28-29(26,27)7-3/h8-15,17H,5-7,16H2,1-4H3,(H,23,25)/t17-/m1/s1. The Morgan fingerprint density at radius 1 is 1.07 bits per heavy atom. The van der Waals surface area contributed by atoms with Crippen molar-refractivity contribution < 1.29 is 17.4 Å². The van der Waals surface area contributed by atoms with Crippen LogP contribution in [0.1, 0.15) is 45.2 Å². The van der Waals surface area contributed by atoms with E-state index in [2.05, 4.69) is 12.2 Å². The summed E-state index contributed by atoms with van der Waals surface area (Å²) in [4.78, 5) is 14.7. The van der Waals surface area contributed by atoms with Gasteiger partial charge in [-0.2, -0.15) is 8.42 Å². The maximum atomic E-state index is 12.9. The molecule has 0 spiro atoms. The van der Waals surface area contributed by atoms with Gasteiger partial charge in [-0.05, 0) is 62.1 Å². The zero-order valence-corrected chi connectivity index (χ0v) is 18.3. The van der Waals surface area contributed by atoms with E-state index in [-0.39, 0.29) is 23.6 Å². The minimum Gasteiger partial charge on any atom is -0.382 e. The molecule has 0 aliphatic rings. The molecule has 0 aliphatic carbocycles. The summed E-state index contributed by atoms with van der Waals surface area (Å²) >= 11 is 0. The average Bonchev–Trinajstić information content (AvgIpc) is 2.72. The van der Waals surface area contributed by atoms with E-state index in [1.54, 1.807) is 23.1 Å². The van der Waals surface area contributed by atoms with Crippen molar-refractivity contribution in [2.24, 2.45) is 0 Å². The molecule has 0 unspecified atom stereocenters. The highest BCUT2D eigenvalue weighted by Gasteiger charge is 2.20. The van der Waals surface area contributed by atoms with E-state index in [0.717, 1.165) is 24.1 Å². The number of aryl methyl sites for hydroxylation is 1. The van der Waals surface area contributed by atoms with Gasteiger partial charge in [-0.1, -0.05) is 38.1 Å². The van der Waals surface area contributed by atoms with E-state index in [1.165, 1.54) is 12.5 Å². The minimum atomic E-state index is -3.59. The summed E-state index contributed by atoms with van der Waals surface area (Å²) in [5.41, 5.74) is 2.75. The molecular weight excluding hydrogens is 388 g/mol. The highest BCUT2D eigenvalue weighted by molar-refractivity contribution is 7.87. The maximum Gasteiger partial charge on any atom is 0.322 e. The lowest BCUT2D eigenvalue weighted by molar-refractivity contribution is 0.187. The topological polar surface area (TPSA) is 75.7 Å². The number of carbonyl (C=O) groups is 1. The summed E-state index contributed by atoms with van der Waals surface area (Å²) in [5, 5.41) is 2.95. The smallest absolute Gasteiger partial charge is 0.322 e. The molecule has 0 heterocycles. The van der Waals surface area contributed by atoms with Crippen molar-refractivity contribution in [3.05, 3.63) is 59.7 Å². The fourth-order valence-corrected chi connectivity index (χ4v) is 3.28. The molecule has 7 heteroatoms. The number of hydrogen-bond acceptors (Lipinski definition) is 4. The summed E-state index contributed by atoms with van der Waals surface area (Å²) in [6, 6.07) is 14.4. The molecule has 2 rings (SSSR count). The lowest BCUT2D eigenvalue weighted by atomic mass is 10.1. The van der Waals surface area contributed by atoms with E-state index < -0.39 is 10.1 Å². The number of nitrogens with zero attached hydrogens (tertiary/aromatic N) is 1. The van der Waals surface area contributed by atoms with Crippen LogP contribution in [0.15, 0.2) is 48.5 Å². The molecule has 0 saturated carbocycles. The molecule has 29 heavy (non-hydrogen) atoms. The van der Waals surface area contributed by atoms with Gasteiger partial charge in [0.25, 0.3) is 0 Å². The second kappa shape index (κ2) is 10.3. The SMILES string of the molecule is CCc1ccc(NC(=O)N(Cc2cccc(OS(=O)(=O)CC)c2)[C@H](C)CC)cc1. The van der Waals surface area contributed by atoms with Crippen molar-refractivity contribution in [2.75, 3.05) is 11.1 Å². The summed E-state index contributed by atoms with van der Waals surface area (Å²) < 4.78 is 28.5. The molecule has 0 bridgehead atoms. The molecular formula is C22H30N2O4S. The molecule has 1 atom stereocenters. The van der Waals surface area contributed by atoms with Crippen LogP contribution >= 0.6 is 0 Å². The molecule has 0 radical (unpaired) electrons. The van der Waals surface area contributed by atoms with Gasteiger partial charge in [0.05, 0.1) is 5.75 Å². The van der Waals surface area contributed by atoms with Crippen LogP contribution in [0, 0.1) is 0 Å². The minimum absolute atomic E-state index is 0.00821. The Morgan fingerprint density at radius 2 is 1.76 bits per heavy atom. The third-order valence-electron chi connectivity index (χ3n) is 4.83. The predicted molar refractivity (Wildman–Crippen MR) is 117 cm³/mol. The summed E-state index contributed by atoms with van der Waals surface area (Å²) in [7, 11) is -3.59. The Balaban J connectivity index is 2.16. The Kier molecular flexibility index (Phi) is 8.08. The van der Waals surface area contributed by atoms with Crippen LogP contribution in [0.4, 0.5) is 10.5 Å². The van der Waals surface area contributed by atoms with E-state index in [0.29, 0.717) is 6.54 Å². The quantitative estimate of drug-likeness (QED) is 0.593. The van der Waals surface area contributed by atoms with Gasteiger partial charge in [0, 0.05) is 18.3 Å². The van der Waals surface area contributed by atoms with E-state index in [1.807, 2.05) is 44.2 Å². The first-order chi connectivity index (χ1) is 13.8. The van der Waals surface area contributed by atoms with Gasteiger partial charge in [0.15, 0.2) is 0 Å². The lowest BCUT2D eigenvalue weighted by Crippen LogP contribution is -2.40.